The molecule has 2 aliphatic heterocycles. The van der Waals surface area contributed by atoms with Gasteiger partial charge in [0.25, 0.3) is 0 Å². The number of aryl methyl sites for hydroxylation is 1. The molecule has 1 N–H and O–H groups in total. The van der Waals surface area contributed by atoms with Crippen molar-refractivity contribution in [3.8, 4) is 0 Å². The van der Waals surface area contributed by atoms with Crippen LogP contribution in [0.5, 0.6) is 0 Å². The fraction of sp³-hybridized carbons (Fsp3) is 0.667. The summed E-state index contributed by atoms with van der Waals surface area (Å²) < 4.78 is 5.44. The fourth-order valence-electron chi connectivity index (χ4n) is 4.72. The van der Waals surface area contributed by atoms with E-state index in [-0.39, 0.29) is 0 Å². The first kappa shape index (κ1) is 15.8. The van der Waals surface area contributed by atoms with E-state index in [2.05, 4.69) is 31.2 Å². The van der Waals surface area contributed by atoms with Gasteiger partial charge in [-0.1, -0.05) is 0 Å². The number of anilines is 1. The number of H-pyrrole nitrogens is 1. The minimum absolute atomic E-state index is 0.307. The molecule has 134 valence electrons. The third kappa shape index (κ3) is 2.88. The van der Waals surface area contributed by atoms with Crippen molar-refractivity contribution in [2.24, 2.45) is 0 Å². The number of morpholine rings is 1. The second kappa shape index (κ2) is 6.37. The molecule has 0 bridgehead atoms. The third-order valence-electron chi connectivity index (χ3n) is 5.98. The highest BCUT2D eigenvalue weighted by atomic mass is 32.1. The molecule has 0 amide bonds. The van der Waals surface area contributed by atoms with Gasteiger partial charge in [-0.25, -0.2) is 4.98 Å². The van der Waals surface area contributed by atoms with Gasteiger partial charge in [-0.2, -0.15) is 5.10 Å². The maximum absolute atomic E-state index is 5.44. The van der Waals surface area contributed by atoms with Gasteiger partial charge in [-0.15, -0.1) is 11.3 Å². The Morgan fingerprint density at radius 3 is 3.04 bits per heavy atom. The molecule has 6 nitrogen and oxygen atoms in total. The predicted molar refractivity (Wildman–Crippen MR) is 98.2 cm³/mol. The number of piperidine rings is 1. The van der Waals surface area contributed by atoms with Gasteiger partial charge < -0.3 is 9.64 Å². The maximum atomic E-state index is 5.44. The summed E-state index contributed by atoms with van der Waals surface area (Å²) in [6, 6.07) is 0. The summed E-state index contributed by atoms with van der Waals surface area (Å²) in [5, 5.41) is 8.75. The van der Waals surface area contributed by atoms with Crippen LogP contribution in [0.15, 0.2) is 12.4 Å². The molecule has 2 fully saturated rings. The van der Waals surface area contributed by atoms with Crippen LogP contribution in [-0.2, 0) is 23.1 Å². The number of rotatable bonds is 3. The highest BCUT2D eigenvalue weighted by Crippen LogP contribution is 2.44. The number of fused-ring (bicyclic) bond motifs is 2. The standard InChI is InChI=1S/C18H25N5OS/c1-3-18(4-2-14-10-20-21-16(14)18)13-22(5-1)12-15-11-19-17(25-15)23-6-8-24-9-7-23/h10-11H,1-9,12-13H2,(H,20,21). The molecule has 25 heavy (non-hydrogen) atoms. The van der Waals surface area contributed by atoms with Gasteiger partial charge in [0.15, 0.2) is 5.13 Å². The minimum atomic E-state index is 0.307. The van der Waals surface area contributed by atoms with E-state index in [0.717, 1.165) is 44.5 Å². The van der Waals surface area contributed by atoms with Crippen LogP contribution in [0.3, 0.4) is 0 Å². The lowest BCUT2D eigenvalue weighted by Crippen LogP contribution is -2.44. The minimum Gasteiger partial charge on any atom is -0.378 e. The van der Waals surface area contributed by atoms with E-state index < -0.39 is 0 Å². The number of hydrogen-bond donors (Lipinski definition) is 1. The Labute approximate surface area is 152 Å². The van der Waals surface area contributed by atoms with E-state index in [9.17, 15) is 0 Å². The van der Waals surface area contributed by atoms with Crippen molar-refractivity contribution in [3.05, 3.63) is 28.5 Å². The molecule has 1 atom stereocenters. The number of nitrogens with one attached hydrogen (secondary N) is 1. The summed E-state index contributed by atoms with van der Waals surface area (Å²) in [6.07, 6.45) is 9.12. The number of aromatic nitrogens is 3. The van der Waals surface area contributed by atoms with E-state index in [0.29, 0.717) is 5.41 Å². The highest BCUT2D eigenvalue weighted by molar-refractivity contribution is 7.15. The Balaban J connectivity index is 1.28. The Morgan fingerprint density at radius 1 is 1.20 bits per heavy atom. The van der Waals surface area contributed by atoms with E-state index in [1.807, 2.05) is 17.5 Å². The lowest BCUT2D eigenvalue weighted by Gasteiger charge is -2.40. The predicted octanol–water partition coefficient (Wildman–Crippen LogP) is 2.18. The largest absolute Gasteiger partial charge is 0.378 e. The van der Waals surface area contributed by atoms with Crippen molar-refractivity contribution in [2.75, 3.05) is 44.3 Å². The van der Waals surface area contributed by atoms with Gasteiger partial charge in [-0.3, -0.25) is 10.00 Å². The molecule has 0 radical (unpaired) electrons. The van der Waals surface area contributed by atoms with Crippen LogP contribution >= 0.6 is 11.3 Å². The topological polar surface area (TPSA) is 57.3 Å². The summed E-state index contributed by atoms with van der Waals surface area (Å²) >= 11 is 1.85. The van der Waals surface area contributed by atoms with Gasteiger partial charge in [0.2, 0.25) is 0 Å². The Kier molecular flexibility index (Phi) is 4.03. The van der Waals surface area contributed by atoms with E-state index in [1.54, 1.807) is 0 Å². The lowest BCUT2D eigenvalue weighted by atomic mass is 9.77. The molecule has 1 aliphatic carbocycles. The molecular formula is C18H25N5OS. The summed E-state index contributed by atoms with van der Waals surface area (Å²) in [5.41, 5.74) is 3.16. The number of likely N-dealkylation sites (tertiary alicyclic amines) is 1. The first-order chi connectivity index (χ1) is 12.3. The SMILES string of the molecule is c1nc(N2CCOCC2)sc1CN1CCCC2(CCc3cn[nH]c32)C1. The molecular weight excluding hydrogens is 334 g/mol. The quantitative estimate of drug-likeness (QED) is 0.910. The summed E-state index contributed by atoms with van der Waals surface area (Å²) in [6.45, 7) is 6.91. The van der Waals surface area contributed by atoms with E-state index in [4.69, 9.17) is 4.74 Å². The van der Waals surface area contributed by atoms with Crippen molar-refractivity contribution < 1.29 is 4.74 Å². The van der Waals surface area contributed by atoms with Crippen molar-refractivity contribution >= 4 is 16.5 Å². The molecule has 2 aromatic heterocycles. The number of ether oxygens (including phenoxy) is 1. The summed E-state index contributed by atoms with van der Waals surface area (Å²) in [5.74, 6) is 0. The average Bonchev–Trinajstić information content (AvgIpc) is 3.36. The number of aromatic amines is 1. The zero-order chi connectivity index (χ0) is 16.7. The summed E-state index contributed by atoms with van der Waals surface area (Å²) in [4.78, 5) is 11.0. The first-order valence-corrected chi connectivity index (χ1v) is 10.2. The third-order valence-corrected chi connectivity index (χ3v) is 7.02. The van der Waals surface area contributed by atoms with E-state index in [1.165, 1.54) is 48.4 Å². The van der Waals surface area contributed by atoms with Crippen LogP contribution in [0.1, 0.15) is 35.4 Å². The number of nitrogens with zero attached hydrogens (tertiary/aromatic N) is 4. The van der Waals surface area contributed by atoms with Gasteiger partial charge in [0.05, 0.1) is 19.4 Å². The van der Waals surface area contributed by atoms with Crippen LogP contribution in [0.2, 0.25) is 0 Å². The lowest BCUT2D eigenvalue weighted by molar-refractivity contribution is 0.122. The molecule has 4 heterocycles. The van der Waals surface area contributed by atoms with Crippen LogP contribution in [0, 0.1) is 0 Å². The molecule has 5 rings (SSSR count). The molecule has 7 heteroatoms. The zero-order valence-corrected chi connectivity index (χ0v) is 15.4. The molecule has 2 aromatic rings. The smallest absolute Gasteiger partial charge is 0.185 e. The van der Waals surface area contributed by atoms with Gasteiger partial charge >= 0.3 is 0 Å². The van der Waals surface area contributed by atoms with Crippen LogP contribution in [0.25, 0.3) is 0 Å². The van der Waals surface area contributed by atoms with Crippen LogP contribution in [0.4, 0.5) is 5.13 Å². The Morgan fingerprint density at radius 2 is 2.12 bits per heavy atom. The van der Waals surface area contributed by atoms with Crippen LogP contribution in [-0.4, -0.2) is 59.5 Å². The van der Waals surface area contributed by atoms with Crippen LogP contribution < -0.4 is 4.90 Å². The van der Waals surface area contributed by atoms with Crippen molar-refractivity contribution in [3.63, 3.8) is 0 Å². The van der Waals surface area contributed by atoms with Gasteiger partial charge in [-0.05, 0) is 37.8 Å². The summed E-state index contributed by atoms with van der Waals surface area (Å²) in [7, 11) is 0. The molecule has 1 unspecified atom stereocenters. The maximum Gasteiger partial charge on any atom is 0.185 e. The highest BCUT2D eigenvalue weighted by Gasteiger charge is 2.43. The molecule has 2 saturated heterocycles. The monoisotopic (exact) mass is 359 g/mol. The molecule has 0 saturated carbocycles. The number of thiazole rings is 1. The van der Waals surface area contributed by atoms with Gasteiger partial charge in [0, 0.05) is 48.4 Å². The number of hydrogen-bond acceptors (Lipinski definition) is 6. The fourth-order valence-corrected chi connectivity index (χ4v) is 5.72. The van der Waals surface area contributed by atoms with Gasteiger partial charge in [0.1, 0.15) is 0 Å². The zero-order valence-electron chi connectivity index (χ0n) is 14.5. The van der Waals surface area contributed by atoms with Crippen molar-refractivity contribution in [1.29, 1.82) is 0 Å². The Hall–Kier alpha value is -1.44. The van der Waals surface area contributed by atoms with Crippen molar-refractivity contribution in [1.82, 2.24) is 20.1 Å². The molecule has 1 spiro atoms. The first-order valence-electron chi connectivity index (χ1n) is 9.35. The Bertz CT molecular complexity index is 737. The average molecular weight is 359 g/mol. The van der Waals surface area contributed by atoms with Crippen molar-refractivity contribution in [2.45, 2.75) is 37.6 Å². The normalized spacial score (nSPS) is 27.1. The second-order valence-corrected chi connectivity index (χ2v) is 8.67. The van der Waals surface area contributed by atoms with E-state index >= 15 is 0 Å². The molecule has 3 aliphatic rings. The second-order valence-electron chi connectivity index (χ2n) is 7.57. The molecule has 0 aromatic carbocycles.